The molecule has 0 aromatic heterocycles. The molecule has 3 atom stereocenters. The van der Waals surface area contributed by atoms with Crippen LogP contribution in [0.4, 0.5) is 0 Å². The van der Waals surface area contributed by atoms with Gasteiger partial charge >= 0.3 is 10.1 Å². The van der Waals surface area contributed by atoms with Gasteiger partial charge in [-0.25, -0.2) is 0 Å². The van der Waals surface area contributed by atoms with Crippen LogP contribution in [-0.2, 0) is 14.9 Å². The lowest BCUT2D eigenvalue weighted by atomic mass is 9.74. The number of benzene rings is 1. The number of hydrogen-bond acceptors (Lipinski definition) is 4. The molecule has 0 amide bonds. The molecule has 2 heterocycles. The average molecular weight is 320 g/mol. The summed E-state index contributed by atoms with van der Waals surface area (Å²) in [5.74, 6) is 0.369. The maximum atomic E-state index is 12.9. The number of ether oxygens (including phenoxy) is 1. The molecule has 22 heavy (non-hydrogen) atoms. The van der Waals surface area contributed by atoms with E-state index in [-0.39, 0.29) is 0 Å². The fraction of sp³-hybridized carbons (Fsp3) is 0.529. The predicted molar refractivity (Wildman–Crippen MR) is 83.2 cm³/mol. The molecule has 5 heteroatoms. The number of hydrogen-bond donors (Lipinski definition) is 0. The molecular weight excluding hydrogens is 300 g/mol. The summed E-state index contributed by atoms with van der Waals surface area (Å²) in [4.78, 5) is 0. The van der Waals surface area contributed by atoms with E-state index < -0.39 is 26.6 Å². The fourth-order valence-corrected chi connectivity index (χ4v) is 6.08. The second kappa shape index (κ2) is 4.59. The molecule has 0 unspecified atom stereocenters. The Kier molecular flexibility index (Phi) is 2.97. The van der Waals surface area contributed by atoms with E-state index >= 15 is 0 Å². The van der Waals surface area contributed by atoms with Gasteiger partial charge in [0.05, 0.1) is 5.60 Å². The van der Waals surface area contributed by atoms with Crippen LogP contribution in [0.5, 0.6) is 5.75 Å². The van der Waals surface area contributed by atoms with Gasteiger partial charge < -0.3 is 8.92 Å². The van der Waals surface area contributed by atoms with Crippen LogP contribution in [0, 0.1) is 0 Å². The topological polar surface area (TPSA) is 52.6 Å². The highest BCUT2D eigenvalue weighted by molar-refractivity contribution is 7.87. The second-order valence-electron chi connectivity index (χ2n) is 6.76. The summed E-state index contributed by atoms with van der Waals surface area (Å²) in [6, 6.07) is 8.72. The predicted octanol–water partition coefficient (Wildman–Crippen LogP) is 3.20. The second-order valence-corrected chi connectivity index (χ2v) is 8.48. The number of para-hydroxylation sites is 1. The molecule has 0 radical (unpaired) electrons. The number of fused-ring (bicyclic) bond motifs is 1. The molecule has 1 aromatic rings. The van der Waals surface area contributed by atoms with E-state index in [1.165, 1.54) is 0 Å². The Morgan fingerprint density at radius 3 is 2.77 bits per heavy atom. The number of rotatable bonds is 3. The summed E-state index contributed by atoms with van der Waals surface area (Å²) in [5.41, 5.74) is 0.0515. The van der Waals surface area contributed by atoms with Crippen LogP contribution >= 0.6 is 0 Å². The van der Waals surface area contributed by atoms with Gasteiger partial charge in [0.1, 0.15) is 16.6 Å². The quantitative estimate of drug-likeness (QED) is 0.634. The Bertz CT molecular complexity index is 724. The third-order valence-corrected chi connectivity index (χ3v) is 6.77. The van der Waals surface area contributed by atoms with Gasteiger partial charge in [-0.1, -0.05) is 24.3 Å². The van der Waals surface area contributed by atoms with Crippen LogP contribution in [0.25, 0.3) is 0 Å². The third kappa shape index (κ3) is 2.02. The summed E-state index contributed by atoms with van der Waals surface area (Å²) >= 11 is 0. The van der Waals surface area contributed by atoms with Crippen molar-refractivity contribution < 1.29 is 17.3 Å². The van der Waals surface area contributed by atoms with Gasteiger partial charge in [0.25, 0.3) is 0 Å². The van der Waals surface area contributed by atoms with Crippen LogP contribution in [0.1, 0.15) is 39.0 Å². The minimum atomic E-state index is -3.73. The van der Waals surface area contributed by atoms with Crippen LogP contribution < -0.4 is 4.18 Å². The molecule has 1 spiro atoms. The van der Waals surface area contributed by atoms with E-state index in [0.717, 1.165) is 31.3 Å². The molecule has 1 aromatic carbocycles. The minimum Gasteiger partial charge on any atom is -0.382 e. The first-order valence-electron chi connectivity index (χ1n) is 7.84. The molecule has 1 aliphatic carbocycles. The molecule has 4 rings (SSSR count). The maximum absolute atomic E-state index is 12.9. The van der Waals surface area contributed by atoms with E-state index in [1.807, 2.05) is 13.0 Å². The van der Waals surface area contributed by atoms with Gasteiger partial charge in [-0.2, -0.15) is 8.42 Å². The average Bonchev–Trinajstić information content (AvgIpc) is 2.94. The Hall–Kier alpha value is -1.33. The van der Waals surface area contributed by atoms with Gasteiger partial charge in [-0.15, -0.1) is 0 Å². The Morgan fingerprint density at radius 1 is 1.23 bits per heavy atom. The highest BCUT2D eigenvalue weighted by Gasteiger charge is 2.65. The smallest absolute Gasteiger partial charge is 0.315 e. The maximum Gasteiger partial charge on any atom is 0.315 e. The normalized spacial score (nSPS) is 36.8. The largest absolute Gasteiger partial charge is 0.382 e. The van der Waals surface area contributed by atoms with Crippen molar-refractivity contribution in [3.63, 3.8) is 0 Å². The molecule has 1 saturated heterocycles. The molecule has 0 N–H and O–H groups in total. The fourth-order valence-electron chi connectivity index (χ4n) is 4.27. The molecule has 1 saturated carbocycles. The first-order valence-corrected chi connectivity index (χ1v) is 9.32. The lowest BCUT2D eigenvalue weighted by Crippen LogP contribution is -2.48. The van der Waals surface area contributed by atoms with Gasteiger partial charge in [0.2, 0.25) is 0 Å². The van der Waals surface area contributed by atoms with Crippen molar-refractivity contribution in [2.24, 2.45) is 0 Å². The summed E-state index contributed by atoms with van der Waals surface area (Å²) in [6.45, 7) is 1.98. The highest BCUT2D eigenvalue weighted by atomic mass is 32.2. The van der Waals surface area contributed by atoms with Crippen molar-refractivity contribution in [2.75, 3.05) is 0 Å². The first-order chi connectivity index (χ1) is 10.4. The van der Waals surface area contributed by atoms with Crippen LogP contribution in [0.3, 0.4) is 0 Å². The Balaban J connectivity index is 1.70. The van der Waals surface area contributed by atoms with Crippen molar-refractivity contribution in [2.45, 2.75) is 55.5 Å². The zero-order valence-corrected chi connectivity index (χ0v) is 13.4. The zero-order chi connectivity index (χ0) is 15.4. The standard InChI is InChI=1S/C17H20O4S/c1-16-11-13-7-5-6-10-17(13,21-16)15(12-16)22(18,19)20-14-8-3-2-4-9-14/h2-4,8-9,11,15H,5-7,10,12H2,1H3/t15-,16-,17+/m1/s1. The molecule has 3 aliphatic rings. The summed E-state index contributed by atoms with van der Waals surface area (Å²) in [7, 11) is -3.73. The van der Waals surface area contributed by atoms with E-state index in [0.29, 0.717) is 12.2 Å². The first kappa shape index (κ1) is 14.3. The summed E-state index contributed by atoms with van der Waals surface area (Å²) < 4.78 is 37.3. The third-order valence-electron chi connectivity index (χ3n) is 5.10. The van der Waals surface area contributed by atoms with Gasteiger partial charge in [-0.05, 0) is 50.3 Å². The van der Waals surface area contributed by atoms with Crippen molar-refractivity contribution >= 4 is 10.1 Å². The van der Waals surface area contributed by atoms with Crippen molar-refractivity contribution in [3.05, 3.63) is 42.0 Å². The molecule has 4 nitrogen and oxygen atoms in total. The van der Waals surface area contributed by atoms with Gasteiger partial charge in [0.15, 0.2) is 0 Å². The van der Waals surface area contributed by atoms with Gasteiger partial charge in [0, 0.05) is 6.42 Å². The SMILES string of the molecule is C[C@]12C=C3CCCC[C@@]3(O1)[C@H](S(=O)(=O)Oc1ccccc1)C2. The Labute approximate surface area is 131 Å². The zero-order valence-electron chi connectivity index (χ0n) is 12.6. The van der Waals surface area contributed by atoms with Gasteiger partial charge in [-0.3, -0.25) is 0 Å². The van der Waals surface area contributed by atoms with E-state index in [1.54, 1.807) is 24.3 Å². The monoisotopic (exact) mass is 320 g/mol. The lowest BCUT2D eigenvalue weighted by molar-refractivity contribution is -0.0368. The van der Waals surface area contributed by atoms with E-state index in [4.69, 9.17) is 8.92 Å². The minimum absolute atomic E-state index is 0.369. The molecule has 2 fully saturated rings. The molecule has 2 aliphatic heterocycles. The molecule has 2 bridgehead atoms. The summed E-state index contributed by atoms with van der Waals surface area (Å²) in [5, 5.41) is -0.606. The van der Waals surface area contributed by atoms with Crippen LogP contribution in [0.15, 0.2) is 42.0 Å². The van der Waals surface area contributed by atoms with E-state index in [2.05, 4.69) is 6.08 Å². The molecule has 118 valence electrons. The van der Waals surface area contributed by atoms with Crippen molar-refractivity contribution in [3.8, 4) is 5.75 Å². The van der Waals surface area contributed by atoms with E-state index in [9.17, 15) is 8.42 Å². The molecular formula is C17H20O4S. The Morgan fingerprint density at radius 2 is 2.00 bits per heavy atom. The highest BCUT2D eigenvalue weighted by Crippen LogP contribution is 2.57. The van der Waals surface area contributed by atoms with Crippen molar-refractivity contribution in [1.82, 2.24) is 0 Å². The van der Waals surface area contributed by atoms with Crippen LogP contribution in [0.2, 0.25) is 0 Å². The summed E-state index contributed by atoms with van der Waals surface area (Å²) in [6.07, 6.45) is 6.46. The van der Waals surface area contributed by atoms with Crippen molar-refractivity contribution in [1.29, 1.82) is 0 Å². The van der Waals surface area contributed by atoms with Crippen LogP contribution in [-0.4, -0.2) is 24.9 Å². The lowest BCUT2D eigenvalue weighted by Gasteiger charge is -2.37.